The Balaban J connectivity index is 1.00. The summed E-state index contributed by atoms with van der Waals surface area (Å²) in [5, 5.41) is 10.8. The van der Waals surface area contributed by atoms with Gasteiger partial charge < -0.3 is 37.9 Å². The van der Waals surface area contributed by atoms with Gasteiger partial charge >= 0.3 is 11.9 Å². The van der Waals surface area contributed by atoms with Gasteiger partial charge in [0.05, 0.1) is 102 Å². The molecule has 3 aromatic carbocycles. The third kappa shape index (κ3) is 14.1. The van der Waals surface area contributed by atoms with Crippen LogP contribution in [-0.4, -0.2) is 104 Å². The maximum atomic E-state index is 12.2. The molecule has 0 amide bonds. The van der Waals surface area contributed by atoms with E-state index in [1.54, 1.807) is 30.3 Å². The number of hydrogen-bond donors (Lipinski definition) is 0. The fourth-order valence-electron chi connectivity index (χ4n) is 3.75. The molecule has 0 fully saturated rings. The Morgan fingerprint density at radius 3 is 1.32 bits per heavy atom. The van der Waals surface area contributed by atoms with Crippen molar-refractivity contribution in [2.24, 2.45) is 0 Å². The minimum absolute atomic E-state index is 0.132. The first-order chi connectivity index (χ1) is 21.7. The minimum atomic E-state index is -0.459. The van der Waals surface area contributed by atoms with Crippen LogP contribution in [0.1, 0.15) is 26.3 Å². The molecule has 0 aliphatic carbocycles. The minimum Gasteiger partial charge on any atom is -0.460 e. The van der Waals surface area contributed by atoms with Gasteiger partial charge in [0.15, 0.2) is 0 Å². The van der Waals surface area contributed by atoms with Crippen LogP contribution in [0, 0.1) is 11.3 Å². The van der Waals surface area contributed by atoms with Gasteiger partial charge in [-0.2, -0.15) is 5.26 Å². The van der Waals surface area contributed by atoms with Gasteiger partial charge in [0, 0.05) is 0 Å². The van der Waals surface area contributed by atoms with Gasteiger partial charge in [-0.25, -0.2) is 9.59 Å². The van der Waals surface area contributed by atoms with E-state index in [1.807, 2.05) is 42.5 Å². The molecule has 0 atom stereocenters. The summed E-state index contributed by atoms with van der Waals surface area (Å²) in [6.45, 7) is 5.13. The molecule has 236 valence electrons. The smallest absolute Gasteiger partial charge is 0.338 e. The molecule has 0 aliphatic heterocycles. The van der Waals surface area contributed by atoms with Crippen LogP contribution in [0.3, 0.4) is 0 Å². The SMILES string of the molecule is N#Cc1ccc(C(=O)OCCOCCOCCOCCOCCOCCOCCOC(=O)c2ccc3ccccc3c2)cc1. The maximum Gasteiger partial charge on any atom is 0.338 e. The van der Waals surface area contributed by atoms with Crippen LogP contribution in [0.5, 0.6) is 0 Å². The predicted molar refractivity (Wildman–Crippen MR) is 161 cm³/mol. The van der Waals surface area contributed by atoms with Crippen molar-refractivity contribution in [3.63, 3.8) is 0 Å². The highest BCUT2D eigenvalue weighted by molar-refractivity contribution is 5.95. The molecule has 11 nitrogen and oxygen atoms in total. The summed E-state index contributed by atoms with van der Waals surface area (Å²) in [7, 11) is 0. The van der Waals surface area contributed by atoms with E-state index < -0.39 is 5.97 Å². The van der Waals surface area contributed by atoms with Gasteiger partial charge in [0.25, 0.3) is 0 Å². The maximum absolute atomic E-state index is 12.2. The van der Waals surface area contributed by atoms with Crippen molar-refractivity contribution in [3.8, 4) is 6.07 Å². The van der Waals surface area contributed by atoms with Gasteiger partial charge in [-0.05, 0) is 47.2 Å². The van der Waals surface area contributed by atoms with Crippen molar-refractivity contribution in [1.82, 2.24) is 0 Å². The molecule has 0 N–H and O–H groups in total. The zero-order valence-electron chi connectivity index (χ0n) is 24.8. The Morgan fingerprint density at radius 1 is 0.477 bits per heavy atom. The lowest BCUT2D eigenvalue weighted by Gasteiger charge is -2.09. The quantitative estimate of drug-likeness (QED) is 0.115. The number of carbonyl (C=O) groups excluding carboxylic acids is 2. The molecule has 0 aromatic heterocycles. The second-order valence-corrected chi connectivity index (χ2v) is 9.20. The second kappa shape index (κ2) is 21.7. The lowest BCUT2D eigenvalue weighted by Crippen LogP contribution is -2.15. The standard InChI is InChI=1S/C33H39NO10/c34-26-27-5-7-29(8-6-27)32(35)43-23-21-41-19-17-39-15-13-37-11-12-38-14-16-40-18-20-42-22-24-44-33(36)31-10-9-28-3-1-2-4-30(28)25-31/h1-10,25H,11-24H2. The lowest BCUT2D eigenvalue weighted by molar-refractivity contribution is -0.0213. The molecule has 44 heavy (non-hydrogen) atoms. The number of fused-ring (bicyclic) bond motifs is 1. The zero-order chi connectivity index (χ0) is 31.1. The van der Waals surface area contributed by atoms with Gasteiger partial charge in [0.2, 0.25) is 0 Å². The zero-order valence-corrected chi connectivity index (χ0v) is 24.8. The highest BCUT2D eigenvalue weighted by atomic mass is 16.6. The number of ether oxygens (including phenoxy) is 8. The summed E-state index contributed by atoms with van der Waals surface area (Å²) in [5.41, 5.74) is 1.39. The highest BCUT2D eigenvalue weighted by Gasteiger charge is 2.08. The monoisotopic (exact) mass is 609 g/mol. The van der Waals surface area contributed by atoms with Crippen LogP contribution < -0.4 is 0 Å². The third-order valence-corrected chi connectivity index (χ3v) is 6.02. The van der Waals surface area contributed by atoms with Crippen LogP contribution in [0.15, 0.2) is 66.7 Å². The van der Waals surface area contributed by atoms with E-state index >= 15 is 0 Å². The summed E-state index contributed by atoms with van der Waals surface area (Å²) < 4.78 is 43.0. The lowest BCUT2D eigenvalue weighted by atomic mass is 10.1. The summed E-state index contributed by atoms with van der Waals surface area (Å²) in [5.74, 6) is -0.829. The molecule has 3 rings (SSSR count). The number of nitrogens with zero attached hydrogens (tertiary/aromatic N) is 1. The first-order valence-corrected chi connectivity index (χ1v) is 14.5. The fourth-order valence-corrected chi connectivity index (χ4v) is 3.75. The van der Waals surface area contributed by atoms with Crippen LogP contribution in [0.25, 0.3) is 10.8 Å². The van der Waals surface area contributed by atoms with Gasteiger partial charge in [0.1, 0.15) is 13.2 Å². The average Bonchev–Trinajstić information content (AvgIpc) is 3.06. The molecule has 0 saturated carbocycles. The van der Waals surface area contributed by atoms with E-state index in [2.05, 4.69) is 0 Å². The molecule has 0 spiro atoms. The van der Waals surface area contributed by atoms with Crippen LogP contribution in [-0.2, 0) is 37.9 Å². The molecular formula is C33H39NO10. The Morgan fingerprint density at radius 2 is 0.864 bits per heavy atom. The topological polar surface area (TPSA) is 132 Å². The number of esters is 2. The highest BCUT2D eigenvalue weighted by Crippen LogP contribution is 2.16. The van der Waals surface area contributed by atoms with Crippen molar-refractivity contribution >= 4 is 22.7 Å². The van der Waals surface area contributed by atoms with E-state index in [1.165, 1.54) is 0 Å². The normalized spacial score (nSPS) is 10.9. The molecule has 0 heterocycles. The Bertz CT molecular complexity index is 1290. The van der Waals surface area contributed by atoms with Crippen molar-refractivity contribution in [1.29, 1.82) is 5.26 Å². The number of carbonyl (C=O) groups is 2. The average molecular weight is 610 g/mol. The van der Waals surface area contributed by atoms with Crippen molar-refractivity contribution in [2.75, 3.05) is 92.5 Å². The molecule has 11 heteroatoms. The second-order valence-electron chi connectivity index (χ2n) is 9.20. The number of hydrogen-bond acceptors (Lipinski definition) is 11. The number of rotatable bonds is 23. The number of nitriles is 1. The molecule has 0 aliphatic rings. The Labute approximate surface area is 257 Å². The van der Waals surface area contributed by atoms with Gasteiger partial charge in [-0.15, -0.1) is 0 Å². The van der Waals surface area contributed by atoms with E-state index in [9.17, 15) is 9.59 Å². The molecule has 0 radical (unpaired) electrons. The van der Waals surface area contributed by atoms with Gasteiger partial charge in [-0.3, -0.25) is 0 Å². The summed E-state index contributed by atoms with van der Waals surface area (Å²) >= 11 is 0. The largest absolute Gasteiger partial charge is 0.460 e. The van der Waals surface area contributed by atoms with E-state index in [-0.39, 0.29) is 25.8 Å². The van der Waals surface area contributed by atoms with E-state index in [0.29, 0.717) is 89.4 Å². The van der Waals surface area contributed by atoms with Crippen LogP contribution in [0.4, 0.5) is 0 Å². The molecule has 3 aromatic rings. The Hall–Kier alpha value is -3.89. The van der Waals surface area contributed by atoms with Crippen molar-refractivity contribution in [3.05, 3.63) is 83.4 Å². The van der Waals surface area contributed by atoms with Gasteiger partial charge in [-0.1, -0.05) is 30.3 Å². The fraction of sp³-hybridized carbons (Fsp3) is 0.424. The first-order valence-electron chi connectivity index (χ1n) is 14.5. The predicted octanol–water partition coefficient (Wildman–Crippen LogP) is 3.82. The number of benzene rings is 3. The third-order valence-electron chi connectivity index (χ3n) is 6.02. The van der Waals surface area contributed by atoms with E-state index in [0.717, 1.165) is 10.8 Å². The first kappa shape index (κ1) is 34.6. The summed E-state index contributed by atoms with van der Waals surface area (Å²) in [6.07, 6.45) is 0. The van der Waals surface area contributed by atoms with Crippen LogP contribution in [0.2, 0.25) is 0 Å². The summed E-state index contributed by atoms with van der Waals surface area (Å²) in [4.78, 5) is 24.1. The van der Waals surface area contributed by atoms with Crippen molar-refractivity contribution in [2.45, 2.75) is 0 Å². The Kier molecular flexibility index (Phi) is 17.1. The van der Waals surface area contributed by atoms with Crippen molar-refractivity contribution < 1.29 is 47.5 Å². The van der Waals surface area contributed by atoms with E-state index in [4.69, 9.17) is 43.2 Å². The molecule has 0 unspecified atom stereocenters. The molecule has 0 bridgehead atoms. The van der Waals surface area contributed by atoms with Crippen LogP contribution >= 0.6 is 0 Å². The summed E-state index contributed by atoms with van der Waals surface area (Å²) in [6, 6.07) is 21.6. The molecular weight excluding hydrogens is 570 g/mol. The molecule has 0 saturated heterocycles.